The zero-order valence-corrected chi connectivity index (χ0v) is 20.1. The van der Waals surface area contributed by atoms with Gasteiger partial charge in [-0.25, -0.2) is 0 Å². The largest absolute Gasteiger partial charge is 0.352 e. The van der Waals surface area contributed by atoms with Crippen molar-refractivity contribution < 1.29 is 9.59 Å². The van der Waals surface area contributed by atoms with E-state index in [1.165, 1.54) is 12.2 Å². The van der Waals surface area contributed by atoms with Crippen LogP contribution in [0.4, 0.5) is 0 Å². The van der Waals surface area contributed by atoms with Gasteiger partial charge in [0.15, 0.2) is 0 Å². The fourth-order valence-electron chi connectivity index (χ4n) is 4.27. The van der Waals surface area contributed by atoms with E-state index in [-0.39, 0.29) is 23.7 Å². The van der Waals surface area contributed by atoms with E-state index in [1.807, 2.05) is 72.8 Å². The van der Waals surface area contributed by atoms with Gasteiger partial charge in [-0.05, 0) is 22.3 Å². The molecule has 4 nitrogen and oxygen atoms in total. The van der Waals surface area contributed by atoms with Gasteiger partial charge in [-0.15, -0.1) is 0 Å². The van der Waals surface area contributed by atoms with Crippen molar-refractivity contribution in [3.05, 3.63) is 156 Å². The van der Waals surface area contributed by atoms with Crippen LogP contribution in [0, 0.1) is 0 Å². The number of benzene rings is 4. The van der Waals surface area contributed by atoms with Crippen LogP contribution in [-0.4, -0.2) is 24.9 Å². The summed E-state index contributed by atoms with van der Waals surface area (Å²) < 4.78 is 0. The molecule has 4 aromatic carbocycles. The molecule has 0 radical (unpaired) electrons. The lowest BCUT2D eigenvalue weighted by Crippen LogP contribution is -2.29. The minimum Gasteiger partial charge on any atom is -0.352 e. The van der Waals surface area contributed by atoms with Crippen molar-refractivity contribution in [3.63, 3.8) is 0 Å². The molecule has 0 heterocycles. The van der Waals surface area contributed by atoms with Gasteiger partial charge < -0.3 is 10.6 Å². The SMILES string of the molecule is O=C(/C=C/C(=O)NCC(c1ccccc1)c1ccccc1)NCC(c1ccccc1)c1ccccc1. The van der Waals surface area contributed by atoms with Crippen LogP contribution in [0.1, 0.15) is 34.1 Å². The molecule has 0 aromatic heterocycles. The predicted octanol–water partition coefficient (Wildman–Crippen LogP) is 5.44. The maximum atomic E-state index is 12.5. The summed E-state index contributed by atoms with van der Waals surface area (Å²) in [4.78, 5) is 25.0. The highest BCUT2D eigenvalue weighted by Gasteiger charge is 2.16. The van der Waals surface area contributed by atoms with Crippen molar-refractivity contribution in [3.8, 4) is 0 Å². The van der Waals surface area contributed by atoms with E-state index in [4.69, 9.17) is 0 Å². The summed E-state index contributed by atoms with van der Waals surface area (Å²) in [6, 6.07) is 40.3. The fourth-order valence-corrected chi connectivity index (χ4v) is 4.27. The Labute approximate surface area is 212 Å². The number of hydrogen-bond donors (Lipinski definition) is 2. The third-order valence-electron chi connectivity index (χ3n) is 6.15. The maximum Gasteiger partial charge on any atom is 0.244 e. The van der Waals surface area contributed by atoms with Crippen molar-refractivity contribution in [2.45, 2.75) is 11.8 Å². The van der Waals surface area contributed by atoms with Crippen LogP contribution in [0.5, 0.6) is 0 Å². The molecule has 0 atom stereocenters. The number of hydrogen-bond acceptors (Lipinski definition) is 2. The van der Waals surface area contributed by atoms with Crippen LogP contribution in [0.25, 0.3) is 0 Å². The Morgan fingerprint density at radius 2 is 0.722 bits per heavy atom. The van der Waals surface area contributed by atoms with E-state index in [1.54, 1.807) is 0 Å². The predicted molar refractivity (Wildman–Crippen MR) is 145 cm³/mol. The molecule has 4 aromatic rings. The Hall–Kier alpha value is -4.44. The van der Waals surface area contributed by atoms with Crippen molar-refractivity contribution in [1.29, 1.82) is 0 Å². The van der Waals surface area contributed by atoms with Gasteiger partial charge in [-0.2, -0.15) is 0 Å². The molecular weight excluding hydrogens is 444 g/mol. The lowest BCUT2D eigenvalue weighted by atomic mass is 9.91. The normalized spacial score (nSPS) is 11.1. The van der Waals surface area contributed by atoms with E-state index in [2.05, 4.69) is 59.2 Å². The average molecular weight is 475 g/mol. The minimum absolute atomic E-state index is 0.0241. The van der Waals surface area contributed by atoms with Crippen molar-refractivity contribution in [2.24, 2.45) is 0 Å². The number of rotatable bonds is 10. The molecule has 0 aliphatic rings. The van der Waals surface area contributed by atoms with Crippen LogP contribution in [0.3, 0.4) is 0 Å². The molecule has 4 heteroatoms. The maximum absolute atomic E-state index is 12.5. The molecular formula is C32H30N2O2. The van der Waals surface area contributed by atoms with Crippen molar-refractivity contribution in [2.75, 3.05) is 13.1 Å². The monoisotopic (exact) mass is 474 g/mol. The molecule has 180 valence electrons. The van der Waals surface area contributed by atoms with Crippen LogP contribution in [0.2, 0.25) is 0 Å². The van der Waals surface area contributed by atoms with Gasteiger partial charge in [0.2, 0.25) is 11.8 Å². The van der Waals surface area contributed by atoms with Crippen LogP contribution in [-0.2, 0) is 9.59 Å². The minimum atomic E-state index is -0.301. The number of amides is 2. The summed E-state index contributed by atoms with van der Waals surface area (Å²) in [6.45, 7) is 0.867. The molecule has 0 bridgehead atoms. The molecule has 4 rings (SSSR count). The molecule has 0 aliphatic heterocycles. The fraction of sp³-hybridized carbons (Fsp3) is 0.125. The molecule has 2 N–H and O–H groups in total. The number of nitrogens with one attached hydrogen (secondary N) is 2. The highest BCUT2D eigenvalue weighted by Crippen LogP contribution is 2.24. The third-order valence-corrected chi connectivity index (χ3v) is 6.15. The third kappa shape index (κ3) is 7.03. The summed E-state index contributed by atoms with van der Waals surface area (Å²) in [5.74, 6) is -0.554. The molecule has 0 saturated heterocycles. The first kappa shape index (κ1) is 24.7. The Bertz CT molecular complexity index is 1080. The Kier molecular flexibility index (Phi) is 8.82. The van der Waals surface area contributed by atoms with Crippen LogP contribution >= 0.6 is 0 Å². The first-order valence-corrected chi connectivity index (χ1v) is 12.1. The highest BCUT2D eigenvalue weighted by atomic mass is 16.2. The van der Waals surface area contributed by atoms with E-state index in [0.717, 1.165) is 22.3 Å². The zero-order chi connectivity index (χ0) is 25.0. The van der Waals surface area contributed by atoms with Gasteiger partial charge >= 0.3 is 0 Å². The Morgan fingerprint density at radius 1 is 0.472 bits per heavy atom. The molecule has 0 spiro atoms. The Morgan fingerprint density at radius 3 is 0.972 bits per heavy atom. The van der Waals surface area contributed by atoms with Gasteiger partial charge in [0.25, 0.3) is 0 Å². The summed E-state index contributed by atoms with van der Waals surface area (Å²) in [7, 11) is 0. The second-order valence-electron chi connectivity index (χ2n) is 8.57. The molecule has 0 fully saturated rings. The summed E-state index contributed by atoms with van der Waals surface area (Å²) in [5, 5.41) is 5.89. The van der Waals surface area contributed by atoms with Gasteiger partial charge in [-0.1, -0.05) is 121 Å². The first-order chi connectivity index (χ1) is 17.7. The molecule has 0 unspecified atom stereocenters. The van der Waals surface area contributed by atoms with Crippen LogP contribution in [0.15, 0.2) is 133 Å². The van der Waals surface area contributed by atoms with Gasteiger partial charge in [0, 0.05) is 37.1 Å². The summed E-state index contributed by atoms with van der Waals surface area (Å²) >= 11 is 0. The second kappa shape index (κ2) is 12.9. The topological polar surface area (TPSA) is 58.2 Å². The van der Waals surface area contributed by atoms with E-state index in [9.17, 15) is 9.59 Å². The van der Waals surface area contributed by atoms with Gasteiger partial charge in [-0.3, -0.25) is 9.59 Å². The standard InChI is InChI=1S/C32H30N2O2/c35-31(33-23-29(25-13-5-1-6-14-25)26-15-7-2-8-16-26)21-22-32(36)34-24-30(27-17-9-3-10-18-27)28-19-11-4-12-20-28/h1-22,29-30H,23-24H2,(H,33,35)(H,34,36)/b22-21+. The second-order valence-corrected chi connectivity index (χ2v) is 8.57. The number of carbonyl (C=O) groups is 2. The number of carbonyl (C=O) groups excluding carboxylic acids is 2. The van der Waals surface area contributed by atoms with E-state index < -0.39 is 0 Å². The van der Waals surface area contributed by atoms with Crippen molar-refractivity contribution >= 4 is 11.8 Å². The van der Waals surface area contributed by atoms with Crippen LogP contribution < -0.4 is 10.6 Å². The average Bonchev–Trinajstić information content (AvgIpc) is 2.94. The highest BCUT2D eigenvalue weighted by molar-refractivity contribution is 5.96. The molecule has 2 amide bonds. The summed E-state index contributed by atoms with van der Waals surface area (Å²) in [5.41, 5.74) is 4.49. The van der Waals surface area contributed by atoms with Gasteiger partial charge in [0.1, 0.15) is 0 Å². The quantitative estimate of drug-likeness (QED) is 0.301. The van der Waals surface area contributed by atoms with Crippen molar-refractivity contribution in [1.82, 2.24) is 10.6 Å². The summed E-state index contributed by atoms with van der Waals surface area (Å²) in [6.07, 6.45) is 2.59. The smallest absolute Gasteiger partial charge is 0.244 e. The molecule has 0 saturated carbocycles. The molecule has 36 heavy (non-hydrogen) atoms. The Balaban J connectivity index is 1.35. The zero-order valence-electron chi connectivity index (χ0n) is 20.1. The molecule has 0 aliphatic carbocycles. The lowest BCUT2D eigenvalue weighted by Gasteiger charge is -2.18. The first-order valence-electron chi connectivity index (χ1n) is 12.1. The van der Waals surface area contributed by atoms with E-state index >= 15 is 0 Å². The van der Waals surface area contributed by atoms with Gasteiger partial charge in [0.05, 0.1) is 0 Å². The lowest BCUT2D eigenvalue weighted by molar-refractivity contribution is -0.118. The van der Waals surface area contributed by atoms with E-state index in [0.29, 0.717) is 13.1 Å².